The number of carbonyl (C=O) groups excluding carboxylic acids is 5. The molecule has 4 heterocycles. The lowest BCUT2D eigenvalue weighted by Crippen LogP contribution is -2.61. The van der Waals surface area contributed by atoms with Crippen molar-refractivity contribution in [1.82, 2.24) is 45.3 Å². The summed E-state index contributed by atoms with van der Waals surface area (Å²) in [6.07, 6.45) is 6.76. The van der Waals surface area contributed by atoms with Crippen molar-refractivity contribution in [3.63, 3.8) is 0 Å². The van der Waals surface area contributed by atoms with Gasteiger partial charge in [0.2, 0.25) is 17.7 Å². The lowest BCUT2D eigenvalue weighted by molar-refractivity contribution is -0.141. The van der Waals surface area contributed by atoms with E-state index < -0.39 is 17.8 Å². The number of rotatable bonds is 14. The van der Waals surface area contributed by atoms with E-state index in [2.05, 4.69) is 48.3 Å². The third kappa shape index (κ3) is 12.5. The topological polar surface area (TPSA) is 171 Å². The predicted molar refractivity (Wildman–Crippen MR) is 285 cm³/mol. The highest BCUT2D eigenvalue weighted by atomic mass is 127. The summed E-state index contributed by atoms with van der Waals surface area (Å²) >= 11 is 2.10. The number of nitrogens with one attached hydrogen (secondary N) is 3. The van der Waals surface area contributed by atoms with Gasteiger partial charge in [-0.05, 0) is 120 Å². The number of amides is 5. The van der Waals surface area contributed by atoms with Crippen molar-refractivity contribution in [3.8, 4) is 0 Å². The highest BCUT2D eigenvalue weighted by molar-refractivity contribution is 14.1. The molecule has 0 spiro atoms. The van der Waals surface area contributed by atoms with Crippen LogP contribution in [0, 0.1) is 21.1 Å². The lowest BCUT2D eigenvalue weighted by Gasteiger charge is -2.43. The highest BCUT2D eigenvalue weighted by Crippen LogP contribution is 2.31. The number of likely N-dealkylation sites (tertiary alicyclic amines) is 1. The summed E-state index contributed by atoms with van der Waals surface area (Å²) in [5.74, 6) is -1.82. The van der Waals surface area contributed by atoms with Crippen LogP contribution in [-0.2, 0) is 27.3 Å². The van der Waals surface area contributed by atoms with Crippen LogP contribution in [0.15, 0.2) is 89.7 Å². The second kappa shape index (κ2) is 24.0. The average molecular weight is 1120 g/mol. The van der Waals surface area contributed by atoms with Crippen LogP contribution in [0.4, 0.5) is 8.78 Å². The second-order valence-corrected chi connectivity index (χ2v) is 21.5. The van der Waals surface area contributed by atoms with Gasteiger partial charge in [-0.1, -0.05) is 61.7 Å². The van der Waals surface area contributed by atoms with Crippen molar-refractivity contribution in [2.24, 2.45) is 5.92 Å². The number of hydrogen-bond donors (Lipinski definition) is 3. The Balaban J connectivity index is 0.761. The first-order chi connectivity index (χ1) is 35.8. The van der Waals surface area contributed by atoms with Crippen LogP contribution >= 0.6 is 22.6 Å². The largest absolute Gasteiger partial charge is 0.341 e. The van der Waals surface area contributed by atoms with E-state index >= 15 is 4.39 Å². The number of carbonyl (C=O) groups is 5. The number of hydrogen-bond acceptors (Lipinski definition) is 9. The summed E-state index contributed by atoms with van der Waals surface area (Å²) < 4.78 is 29.6. The van der Waals surface area contributed by atoms with E-state index in [1.807, 2.05) is 47.1 Å². The van der Waals surface area contributed by atoms with Crippen molar-refractivity contribution in [1.29, 1.82) is 0 Å². The number of nitrogens with zero attached hydrogens (tertiary/aromatic N) is 6. The average Bonchev–Trinajstić information content (AvgIpc) is 3.42. The van der Waals surface area contributed by atoms with Crippen molar-refractivity contribution in [3.05, 3.63) is 144 Å². The number of piperidine rings is 1. The molecule has 3 atom stereocenters. The van der Waals surface area contributed by atoms with E-state index in [0.29, 0.717) is 80.0 Å². The normalized spacial score (nSPS) is 19.4. The Hall–Kier alpha value is -6.12. The van der Waals surface area contributed by atoms with Gasteiger partial charge in [-0.25, -0.2) is 13.9 Å². The summed E-state index contributed by atoms with van der Waals surface area (Å²) in [6, 6.07) is 22.8. The molecule has 5 amide bonds. The van der Waals surface area contributed by atoms with E-state index in [9.17, 15) is 33.2 Å². The minimum Gasteiger partial charge on any atom is -0.341 e. The fourth-order valence-electron chi connectivity index (χ4n) is 11.2. The van der Waals surface area contributed by atoms with Gasteiger partial charge in [-0.15, -0.1) is 0 Å². The van der Waals surface area contributed by atoms with Crippen molar-refractivity contribution < 1.29 is 32.8 Å². The molecule has 74 heavy (non-hydrogen) atoms. The first-order valence-corrected chi connectivity index (χ1v) is 27.1. The minimum absolute atomic E-state index is 0.000455. The zero-order chi connectivity index (χ0) is 51.9. The Kier molecular flexibility index (Phi) is 17.1. The zero-order valence-corrected chi connectivity index (χ0v) is 44.0. The molecule has 3 aliphatic heterocycles. The molecule has 1 aliphatic carbocycles. The SMILES string of the molecule is C[C@H]1CN(CC(=O)N2CCN(C(=O)c3cc(Cc4n[nH]c(=O)c5ccccc45)ccc3F)CC2)CCN1C(=O)[C@H](NC(=O)c1cccc([C@@H]2CCCN(C(=O)CNCc3ccc(F)cc3I)C2)c1)C1CCCCC1. The van der Waals surface area contributed by atoms with Crippen LogP contribution in [-0.4, -0.2) is 148 Å². The molecule has 390 valence electrons. The fourth-order valence-corrected chi connectivity index (χ4v) is 11.9. The van der Waals surface area contributed by atoms with Crippen molar-refractivity contribution in [2.75, 3.05) is 72.0 Å². The fraction of sp³-hybridized carbons (Fsp3) is 0.446. The maximum atomic E-state index is 15.2. The predicted octanol–water partition coefficient (Wildman–Crippen LogP) is 6.09. The van der Waals surface area contributed by atoms with Gasteiger partial charge in [-0.2, -0.15) is 5.10 Å². The molecule has 1 aromatic heterocycles. The molecule has 18 heteroatoms. The van der Waals surface area contributed by atoms with Crippen LogP contribution in [0.3, 0.4) is 0 Å². The Bertz CT molecular complexity index is 2940. The van der Waals surface area contributed by atoms with Gasteiger partial charge in [-0.3, -0.25) is 33.7 Å². The van der Waals surface area contributed by atoms with E-state index in [1.165, 1.54) is 24.3 Å². The van der Waals surface area contributed by atoms with Crippen LogP contribution in [0.1, 0.15) is 101 Å². The quantitative estimate of drug-likeness (QED) is 0.111. The van der Waals surface area contributed by atoms with Crippen LogP contribution in [0.25, 0.3) is 10.8 Å². The zero-order valence-electron chi connectivity index (χ0n) is 41.8. The number of fused-ring (bicyclic) bond motifs is 1. The number of piperazine rings is 2. The maximum absolute atomic E-state index is 15.2. The minimum atomic E-state index is -0.696. The maximum Gasteiger partial charge on any atom is 0.272 e. The molecule has 3 saturated heterocycles. The molecular weight excluding hydrogens is 1060 g/mol. The number of benzene rings is 4. The van der Waals surface area contributed by atoms with Gasteiger partial charge in [0.15, 0.2) is 0 Å². The molecule has 15 nitrogen and oxygen atoms in total. The van der Waals surface area contributed by atoms with Gasteiger partial charge in [0.25, 0.3) is 17.4 Å². The Morgan fingerprint density at radius 1 is 0.770 bits per heavy atom. The number of H-pyrrole nitrogens is 1. The third-order valence-electron chi connectivity index (χ3n) is 15.4. The molecule has 0 unspecified atom stereocenters. The first-order valence-electron chi connectivity index (χ1n) is 26.0. The molecule has 9 rings (SSSR count). The number of aromatic amines is 1. The summed E-state index contributed by atoms with van der Waals surface area (Å²) in [5, 5.41) is 14.3. The summed E-state index contributed by atoms with van der Waals surface area (Å²) in [5.41, 5.74) is 3.29. The highest BCUT2D eigenvalue weighted by Gasteiger charge is 2.39. The van der Waals surface area contributed by atoms with Gasteiger partial charge >= 0.3 is 0 Å². The first kappa shape index (κ1) is 52.7. The monoisotopic (exact) mass is 1120 g/mol. The van der Waals surface area contributed by atoms with Gasteiger partial charge in [0.1, 0.15) is 17.7 Å². The van der Waals surface area contributed by atoms with Gasteiger partial charge in [0.05, 0.1) is 29.7 Å². The Labute approximate surface area is 443 Å². The Morgan fingerprint density at radius 2 is 1.54 bits per heavy atom. The second-order valence-electron chi connectivity index (χ2n) is 20.3. The lowest BCUT2D eigenvalue weighted by atomic mass is 9.83. The smallest absolute Gasteiger partial charge is 0.272 e. The summed E-state index contributed by atoms with van der Waals surface area (Å²) in [6.45, 7) is 6.41. The molecule has 3 N–H and O–H groups in total. The van der Waals surface area contributed by atoms with Gasteiger partial charge in [0, 0.05) is 98.3 Å². The molecular formula is C56H64F2IN9O6. The standard InChI is InChI=1S/C56H64F2IN9O6/c1-36-33-64(35-51(70)65-22-24-66(25-23-65)55(73)46-27-37(16-19-47(46)58)28-49-44-14-5-6-15-45(44)54(72)63-62-49)21-26-68(36)56(74)52(38-9-3-2-4-10-38)61-53(71)40-12-7-11-39(29-40)42-13-8-20-67(34-42)50(69)32-60-31-41-17-18-43(57)30-48(41)59/h5-7,11-12,14-19,27,29-30,36,38,42,52,60H,2-4,8-10,13,20-26,28,31-35H2,1H3,(H,61,71)(H,63,72)/t36-,42+,52+/m0/s1. The van der Waals surface area contributed by atoms with E-state index in [4.69, 9.17) is 0 Å². The molecule has 1 saturated carbocycles. The van der Waals surface area contributed by atoms with Crippen LogP contribution in [0.2, 0.25) is 0 Å². The molecule has 4 aliphatic rings. The molecule has 4 fully saturated rings. The number of aromatic nitrogens is 2. The van der Waals surface area contributed by atoms with E-state index in [-0.39, 0.29) is 91.0 Å². The van der Waals surface area contributed by atoms with Gasteiger partial charge < -0.3 is 30.2 Å². The third-order valence-corrected chi connectivity index (χ3v) is 16.4. The summed E-state index contributed by atoms with van der Waals surface area (Å²) in [7, 11) is 0. The van der Waals surface area contributed by atoms with Crippen LogP contribution in [0.5, 0.6) is 0 Å². The molecule has 5 aromatic rings. The summed E-state index contributed by atoms with van der Waals surface area (Å²) in [4.78, 5) is 90.8. The van der Waals surface area contributed by atoms with Crippen LogP contribution < -0.4 is 16.2 Å². The van der Waals surface area contributed by atoms with Crippen molar-refractivity contribution >= 4 is 62.9 Å². The number of halogens is 3. The molecule has 0 radical (unpaired) electrons. The van der Waals surface area contributed by atoms with E-state index in [1.54, 1.807) is 40.1 Å². The Morgan fingerprint density at radius 3 is 2.31 bits per heavy atom. The van der Waals surface area contributed by atoms with E-state index in [0.717, 1.165) is 59.6 Å². The molecule has 4 aromatic carbocycles. The van der Waals surface area contributed by atoms with Crippen molar-refractivity contribution in [2.45, 2.75) is 82.8 Å². The molecule has 0 bridgehead atoms.